The highest BCUT2D eigenvalue weighted by Gasteiger charge is 2.30. The number of ether oxygens (including phenoxy) is 1. The Hall–Kier alpha value is -1.79. The highest BCUT2D eigenvalue weighted by molar-refractivity contribution is 6.31. The van der Waals surface area contributed by atoms with E-state index in [1.807, 2.05) is 13.0 Å². The van der Waals surface area contributed by atoms with E-state index < -0.39 is 0 Å². The first-order valence-corrected chi connectivity index (χ1v) is 10.4. The third-order valence-corrected chi connectivity index (χ3v) is 5.72. The maximum Gasteiger partial charge on any atom is 0.238 e. The minimum Gasteiger partial charge on any atom is -0.495 e. The molecule has 1 aliphatic rings. The summed E-state index contributed by atoms with van der Waals surface area (Å²) < 4.78 is 5.32. The summed E-state index contributed by atoms with van der Waals surface area (Å²) in [5.74, 6) is 0.441. The number of benzene rings is 1. The normalized spacial score (nSPS) is 19.9. The van der Waals surface area contributed by atoms with Gasteiger partial charge in [0.15, 0.2) is 0 Å². The Morgan fingerprint density at radius 3 is 2.75 bits per heavy atom. The van der Waals surface area contributed by atoms with Crippen LogP contribution in [0.25, 0.3) is 0 Å². The first kappa shape index (κ1) is 22.5. The van der Waals surface area contributed by atoms with Gasteiger partial charge in [0, 0.05) is 30.2 Å². The van der Waals surface area contributed by atoms with Crippen LogP contribution < -0.4 is 15.4 Å². The number of halogens is 1. The highest BCUT2D eigenvalue weighted by Crippen LogP contribution is 2.31. The van der Waals surface area contributed by atoms with Gasteiger partial charge in [-0.2, -0.15) is 0 Å². The summed E-state index contributed by atoms with van der Waals surface area (Å²) in [4.78, 5) is 27.1. The lowest BCUT2D eigenvalue weighted by Gasteiger charge is -2.36. The molecular formula is C21H32ClN3O3. The summed E-state index contributed by atoms with van der Waals surface area (Å²) in [6.45, 7) is 7.65. The molecule has 6 nitrogen and oxygen atoms in total. The van der Waals surface area contributed by atoms with Crippen LogP contribution in [0.1, 0.15) is 45.1 Å². The predicted octanol–water partition coefficient (Wildman–Crippen LogP) is 3.61. The third kappa shape index (κ3) is 6.11. The first-order valence-electron chi connectivity index (χ1n) is 10.0. The molecule has 0 aromatic heterocycles. The van der Waals surface area contributed by atoms with Gasteiger partial charge >= 0.3 is 0 Å². The van der Waals surface area contributed by atoms with Crippen LogP contribution in [0.4, 0.5) is 5.69 Å². The fourth-order valence-electron chi connectivity index (χ4n) is 3.45. The van der Waals surface area contributed by atoms with Gasteiger partial charge in [-0.3, -0.25) is 14.5 Å². The number of hydrogen-bond donors (Lipinski definition) is 2. The van der Waals surface area contributed by atoms with Crippen LogP contribution >= 0.6 is 11.6 Å². The van der Waals surface area contributed by atoms with Crippen molar-refractivity contribution < 1.29 is 14.3 Å². The van der Waals surface area contributed by atoms with Crippen LogP contribution in [-0.2, 0) is 9.59 Å². The first-order chi connectivity index (χ1) is 13.3. The number of anilines is 1. The Labute approximate surface area is 172 Å². The molecule has 7 heteroatoms. The fraction of sp³-hybridized carbons (Fsp3) is 0.619. The Kier molecular flexibility index (Phi) is 8.58. The van der Waals surface area contributed by atoms with Crippen LogP contribution in [0.15, 0.2) is 12.1 Å². The number of hydrogen-bond acceptors (Lipinski definition) is 4. The molecule has 2 N–H and O–H groups in total. The van der Waals surface area contributed by atoms with Crippen molar-refractivity contribution in [2.45, 2.75) is 52.5 Å². The molecule has 1 heterocycles. The minimum absolute atomic E-state index is 0.0619. The number of carbonyl (C=O) groups excluding carboxylic acids is 2. The highest BCUT2D eigenvalue weighted by atomic mass is 35.5. The van der Waals surface area contributed by atoms with Crippen molar-refractivity contribution in [3.8, 4) is 5.75 Å². The molecule has 2 atom stereocenters. The van der Waals surface area contributed by atoms with Crippen LogP contribution in [0.2, 0.25) is 5.02 Å². The third-order valence-electron chi connectivity index (χ3n) is 5.31. The number of unbranched alkanes of at least 4 members (excludes halogenated alkanes) is 1. The van der Waals surface area contributed by atoms with E-state index >= 15 is 0 Å². The van der Waals surface area contributed by atoms with Crippen molar-refractivity contribution in [2.75, 3.05) is 32.1 Å². The Morgan fingerprint density at radius 1 is 1.32 bits per heavy atom. The molecule has 2 rings (SSSR count). The zero-order valence-electron chi connectivity index (χ0n) is 17.3. The summed E-state index contributed by atoms with van der Waals surface area (Å²) in [7, 11) is 1.55. The summed E-state index contributed by atoms with van der Waals surface area (Å²) in [6.07, 6.45) is 3.81. The smallest absolute Gasteiger partial charge is 0.238 e. The van der Waals surface area contributed by atoms with Gasteiger partial charge in [0.2, 0.25) is 11.8 Å². The SMILES string of the molecule is CCCCNC(=O)C1CCC(C)N(CC(=O)Nc2cc(C)c(Cl)cc2OC)C1. The van der Waals surface area contributed by atoms with Gasteiger partial charge in [-0.05, 0) is 44.7 Å². The van der Waals surface area contributed by atoms with Crippen LogP contribution in [0, 0.1) is 12.8 Å². The van der Waals surface area contributed by atoms with Crippen molar-refractivity contribution in [1.29, 1.82) is 0 Å². The van der Waals surface area contributed by atoms with Crippen molar-refractivity contribution in [3.05, 3.63) is 22.7 Å². The average Bonchev–Trinajstić information content (AvgIpc) is 2.66. The second-order valence-electron chi connectivity index (χ2n) is 7.55. The lowest BCUT2D eigenvalue weighted by atomic mass is 9.92. The number of rotatable bonds is 8. The molecule has 0 radical (unpaired) electrons. The van der Waals surface area contributed by atoms with Crippen molar-refractivity contribution in [2.24, 2.45) is 5.92 Å². The number of carbonyl (C=O) groups is 2. The van der Waals surface area contributed by atoms with E-state index in [-0.39, 0.29) is 30.3 Å². The molecule has 1 aromatic rings. The van der Waals surface area contributed by atoms with Crippen molar-refractivity contribution in [1.82, 2.24) is 10.2 Å². The predicted molar refractivity (Wildman–Crippen MR) is 113 cm³/mol. The van der Waals surface area contributed by atoms with Crippen LogP contribution in [0.5, 0.6) is 5.75 Å². The summed E-state index contributed by atoms with van der Waals surface area (Å²) in [5, 5.41) is 6.53. The monoisotopic (exact) mass is 409 g/mol. The lowest BCUT2D eigenvalue weighted by molar-refractivity contribution is -0.128. The van der Waals surface area contributed by atoms with Gasteiger partial charge in [0.05, 0.1) is 25.3 Å². The number of likely N-dealkylation sites (tertiary alicyclic amines) is 1. The summed E-state index contributed by atoms with van der Waals surface area (Å²) in [6, 6.07) is 3.77. The maximum absolute atomic E-state index is 12.6. The van der Waals surface area contributed by atoms with Gasteiger partial charge in [-0.1, -0.05) is 24.9 Å². The number of aryl methyl sites for hydroxylation is 1. The minimum atomic E-state index is -0.126. The van der Waals surface area contributed by atoms with Gasteiger partial charge in [0.1, 0.15) is 5.75 Å². The molecule has 2 amide bonds. The van der Waals surface area contributed by atoms with Crippen LogP contribution in [0.3, 0.4) is 0 Å². The number of amides is 2. The zero-order valence-corrected chi connectivity index (χ0v) is 18.1. The largest absolute Gasteiger partial charge is 0.495 e. The fourth-order valence-corrected chi connectivity index (χ4v) is 3.60. The van der Waals surface area contributed by atoms with E-state index in [0.29, 0.717) is 23.0 Å². The second kappa shape index (κ2) is 10.7. The molecule has 0 saturated carbocycles. The van der Waals surface area contributed by atoms with E-state index in [1.54, 1.807) is 13.2 Å². The molecule has 0 spiro atoms. The zero-order chi connectivity index (χ0) is 20.7. The number of nitrogens with zero attached hydrogens (tertiary/aromatic N) is 1. The van der Waals surface area contributed by atoms with Crippen molar-refractivity contribution in [3.63, 3.8) is 0 Å². The summed E-state index contributed by atoms with van der Waals surface area (Å²) in [5.41, 5.74) is 1.47. The Morgan fingerprint density at radius 2 is 2.07 bits per heavy atom. The van der Waals surface area contributed by atoms with Gasteiger partial charge in [-0.15, -0.1) is 0 Å². The number of piperidine rings is 1. The van der Waals surface area contributed by atoms with Crippen LogP contribution in [-0.4, -0.2) is 49.5 Å². The quantitative estimate of drug-likeness (QED) is 0.643. The molecule has 1 saturated heterocycles. The topological polar surface area (TPSA) is 70.7 Å². The Bertz CT molecular complexity index is 696. The molecule has 1 aliphatic heterocycles. The molecule has 28 heavy (non-hydrogen) atoms. The molecule has 1 fully saturated rings. The molecule has 0 bridgehead atoms. The number of nitrogens with one attached hydrogen (secondary N) is 2. The molecular weight excluding hydrogens is 378 g/mol. The van der Waals surface area contributed by atoms with E-state index in [2.05, 4.69) is 29.4 Å². The number of methoxy groups -OCH3 is 1. The van der Waals surface area contributed by atoms with Gasteiger partial charge in [-0.25, -0.2) is 0 Å². The molecule has 156 valence electrons. The second-order valence-corrected chi connectivity index (χ2v) is 7.95. The maximum atomic E-state index is 12.6. The lowest BCUT2D eigenvalue weighted by Crippen LogP contribution is -2.49. The molecule has 0 aliphatic carbocycles. The average molecular weight is 410 g/mol. The molecule has 2 unspecified atom stereocenters. The van der Waals surface area contributed by atoms with E-state index in [9.17, 15) is 9.59 Å². The van der Waals surface area contributed by atoms with Gasteiger partial charge in [0.25, 0.3) is 0 Å². The standard InChI is InChI=1S/C21H32ClN3O3/c1-5-6-9-23-21(27)16-8-7-15(3)25(12-16)13-20(26)24-18-10-14(2)17(22)11-19(18)28-4/h10-11,15-16H,5-9,12-13H2,1-4H3,(H,23,27)(H,24,26). The molecule has 1 aromatic carbocycles. The van der Waals surface area contributed by atoms with Crippen molar-refractivity contribution >= 4 is 29.1 Å². The summed E-state index contributed by atoms with van der Waals surface area (Å²) >= 11 is 6.13. The van der Waals surface area contributed by atoms with E-state index in [0.717, 1.165) is 37.8 Å². The Balaban J connectivity index is 1.96. The van der Waals surface area contributed by atoms with E-state index in [1.165, 1.54) is 0 Å². The van der Waals surface area contributed by atoms with E-state index in [4.69, 9.17) is 16.3 Å². The van der Waals surface area contributed by atoms with Gasteiger partial charge < -0.3 is 15.4 Å².